The quantitative estimate of drug-likeness (QED) is 0.885. The zero-order valence-corrected chi connectivity index (χ0v) is 14.0. The lowest BCUT2D eigenvalue weighted by Crippen LogP contribution is -2.33. The maximum atomic E-state index is 12.6. The van der Waals surface area contributed by atoms with Crippen LogP contribution in [0.25, 0.3) is 0 Å². The van der Waals surface area contributed by atoms with Crippen molar-refractivity contribution in [1.82, 2.24) is 9.21 Å². The highest BCUT2D eigenvalue weighted by atomic mass is 35.5. The van der Waals surface area contributed by atoms with Crippen LogP contribution in [0.5, 0.6) is 0 Å². The number of hydrogen-bond acceptors (Lipinski definition) is 4. The van der Waals surface area contributed by atoms with E-state index in [1.54, 1.807) is 19.2 Å². The lowest BCUT2D eigenvalue weighted by molar-refractivity contribution is 0.357. The minimum Gasteiger partial charge on any atom is -0.326 e. The molecule has 7 heteroatoms. The first-order valence-corrected chi connectivity index (χ1v) is 8.79. The predicted molar refractivity (Wildman–Crippen MR) is 84.8 cm³/mol. The van der Waals surface area contributed by atoms with Crippen LogP contribution < -0.4 is 5.73 Å². The van der Waals surface area contributed by atoms with Crippen LogP contribution in [0.3, 0.4) is 0 Å². The molecular weight excluding hydrogens is 310 g/mol. The van der Waals surface area contributed by atoms with Crippen molar-refractivity contribution in [1.29, 1.82) is 0 Å². The Labute approximate surface area is 131 Å². The van der Waals surface area contributed by atoms with Crippen LogP contribution in [-0.2, 0) is 16.6 Å². The minimum atomic E-state index is -3.56. The Balaban J connectivity index is 2.17. The van der Waals surface area contributed by atoms with Gasteiger partial charge >= 0.3 is 0 Å². The molecule has 0 spiro atoms. The van der Waals surface area contributed by atoms with E-state index in [0.717, 1.165) is 25.1 Å². The van der Waals surface area contributed by atoms with E-state index in [9.17, 15) is 8.42 Å². The SMILES string of the molecule is CN1CCC(CN(C)S(=O)(=O)c2ccc(CN)cc2Cl)C1. The normalized spacial score (nSPS) is 20.3. The summed E-state index contributed by atoms with van der Waals surface area (Å²) in [6, 6.07) is 4.86. The molecular formula is C14H22ClN3O2S. The van der Waals surface area contributed by atoms with Crippen molar-refractivity contribution in [3.8, 4) is 0 Å². The van der Waals surface area contributed by atoms with Crippen LogP contribution in [0.1, 0.15) is 12.0 Å². The molecule has 0 amide bonds. The molecule has 0 aliphatic carbocycles. The lowest BCUT2D eigenvalue weighted by atomic mass is 10.1. The third-order valence-corrected chi connectivity index (χ3v) is 6.23. The molecule has 1 aromatic carbocycles. The molecule has 5 nitrogen and oxygen atoms in total. The molecule has 2 rings (SSSR count). The molecule has 1 heterocycles. The number of benzene rings is 1. The summed E-state index contributed by atoms with van der Waals surface area (Å²) in [5, 5.41) is 0.230. The molecule has 0 bridgehead atoms. The molecule has 1 fully saturated rings. The Morgan fingerprint density at radius 1 is 1.48 bits per heavy atom. The topological polar surface area (TPSA) is 66.6 Å². The summed E-state index contributed by atoms with van der Waals surface area (Å²) in [6.45, 7) is 2.80. The summed E-state index contributed by atoms with van der Waals surface area (Å²) in [7, 11) is 0.107. The fraction of sp³-hybridized carbons (Fsp3) is 0.571. The molecule has 0 aromatic heterocycles. The van der Waals surface area contributed by atoms with Gasteiger partial charge in [-0.05, 0) is 43.6 Å². The van der Waals surface area contributed by atoms with Crippen molar-refractivity contribution >= 4 is 21.6 Å². The van der Waals surface area contributed by atoms with E-state index in [2.05, 4.69) is 11.9 Å². The Bertz CT molecular complexity index is 606. The number of hydrogen-bond donors (Lipinski definition) is 1. The Morgan fingerprint density at radius 3 is 2.71 bits per heavy atom. The van der Waals surface area contributed by atoms with Crippen LogP contribution in [0.15, 0.2) is 23.1 Å². The van der Waals surface area contributed by atoms with Gasteiger partial charge in [0.15, 0.2) is 0 Å². The minimum absolute atomic E-state index is 0.148. The first kappa shape index (κ1) is 16.7. The zero-order chi connectivity index (χ0) is 15.6. The van der Waals surface area contributed by atoms with Crippen LogP contribution in [0, 0.1) is 5.92 Å². The van der Waals surface area contributed by atoms with Crippen LogP contribution in [-0.4, -0.2) is 51.4 Å². The molecule has 1 aliphatic heterocycles. The maximum Gasteiger partial charge on any atom is 0.244 e. The van der Waals surface area contributed by atoms with E-state index in [-0.39, 0.29) is 9.92 Å². The van der Waals surface area contributed by atoms with Crippen molar-refractivity contribution < 1.29 is 8.42 Å². The number of nitrogens with zero attached hydrogens (tertiary/aromatic N) is 2. The summed E-state index contributed by atoms with van der Waals surface area (Å²) in [5.41, 5.74) is 6.35. The Morgan fingerprint density at radius 2 is 2.19 bits per heavy atom. The van der Waals surface area contributed by atoms with E-state index in [1.807, 2.05) is 0 Å². The summed E-state index contributed by atoms with van der Waals surface area (Å²) >= 11 is 6.11. The molecule has 1 saturated heterocycles. The summed E-state index contributed by atoms with van der Waals surface area (Å²) < 4.78 is 26.6. The standard InChI is InChI=1S/C14H22ClN3O2S/c1-17-6-5-12(9-17)10-18(2)21(19,20)14-4-3-11(8-16)7-13(14)15/h3-4,7,12H,5-6,8-10,16H2,1-2H3. The van der Waals surface area contributed by atoms with Gasteiger partial charge in [-0.1, -0.05) is 17.7 Å². The van der Waals surface area contributed by atoms with Gasteiger partial charge in [-0.3, -0.25) is 0 Å². The summed E-state index contributed by atoms with van der Waals surface area (Å²) in [4.78, 5) is 2.36. The van der Waals surface area contributed by atoms with Gasteiger partial charge in [-0.2, -0.15) is 0 Å². The molecule has 1 unspecified atom stereocenters. The molecule has 2 N–H and O–H groups in total. The van der Waals surface area contributed by atoms with E-state index in [1.165, 1.54) is 10.4 Å². The third kappa shape index (κ3) is 3.76. The average Bonchev–Trinajstić information content (AvgIpc) is 2.83. The fourth-order valence-electron chi connectivity index (χ4n) is 2.69. The summed E-state index contributed by atoms with van der Waals surface area (Å²) in [6.07, 6.45) is 1.02. The van der Waals surface area contributed by atoms with Crippen molar-refractivity contribution in [3.05, 3.63) is 28.8 Å². The molecule has 0 radical (unpaired) electrons. The second-order valence-electron chi connectivity index (χ2n) is 5.67. The van der Waals surface area contributed by atoms with Crippen molar-refractivity contribution in [2.75, 3.05) is 33.7 Å². The lowest BCUT2D eigenvalue weighted by Gasteiger charge is -2.21. The van der Waals surface area contributed by atoms with Gasteiger partial charge in [0.2, 0.25) is 10.0 Å². The second-order valence-corrected chi connectivity index (χ2v) is 8.09. The molecule has 1 aliphatic rings. The van der Waals surface area contributed by atoms with Gasteiger partial charge in [-0.15, -0.1) is 0 Å². The average molecular weight is 332 g/mol. The van der Waals surface area contributed by atoms with Gasteiger partial charge in [0.25, 0.3) is 0 Å². The van der Waals surface area contributed by atoms with Gasteiger partial charge in [0, 0.05) is 26.7 Å². The number of halogens is 1. The van der Waals surface area contributed by atoms with Crippen LogP contribution in [0.4, 0.5) is 0 Å². The number of sulfonamides is 1. The highest BCUT2D eigenvalue weighted by Gasteiger charge is 2.28. The zero-order valence-electron chi connectivity index (χ0n) is 12.4. The monoisotopic (exact) mass is 331 g/mol. The van der Waals surface area contributed by atoms with Crippen molar-refractivity contribution in [2.24, 2.45) is 11.7 Å². The maximum absolute atomic E-state index is 12.6. The van der Waals surface area contributed by atoms with Crippen LogP contribution in [0.2, 0.25) is 5.02 Å². The highest BCUT2D eigenvalue weighted by Crippen LogP contribution is 2.26. The largest absolute Gasteiger partial charge is 0.326 e. The van der Waals surface area contributed by atoms with E-state index >= 15 is 0 Å². The summed E-state index contributed by atoms with van der Waals surface area (Å²) in [5.74, 6) is 0.372. The van der Waals surface area contributed by atoms with Gasteiger partial charge in [-0.25, -0.2) is 12.7 Å². The van der Waals surface area contributed by atoms with Gasteiger partial charge in [0.1, 0.15) is 4.90 Å². The number of nitrogens with two attached hydrogens (primary N) is 1. The first-order valence-electron chi connectivity index (χ1n) is 6.98. The van der Waals surface area contributed by atoms with E-state index < -0.39 is 10.0 Å². The number of rotatable bonds is 5. The molecule has 118 valence electrons. The van der Waals surface area contributed by atoms with Crippen molar-refractivity contribution in [2.45, 2.75) is 17.9 Å². The number of likely N-dealkylation sites (tertiary alicyclic amines) is 1. The predicted octanol–water partition coefficient (Wildman–Crippen LogP) is 1.37. The fourth-order valence-corrected chi connectivity index (χ4v) is 4.47. The smallest absolute Gasteiger partial charge is 0.244 e. The van der Waals surface area contributed by atoms with Gasteiger partial charge < -0.3 is 10.6 Å². The molecule has 1 aromatic rings. The van der Waals surface area contributed by atoms with Crippen LogP contribution >= 0.6 is 11.6 Å². The molecule has 21 heavy (non-hydrogen) atoms. The second kappa shape index (κ2) is 6.62. The van der Waals surface area contributed by atoms with E-state index in [4.69, 9.17) is 17.3 Å². The van der Waals surface area contributed by atoms with Gasteiger partial charge in [0.05, 0.1) is 5.02 Å². The first-order chi connectivity index (χ1) is 9.84. The van der Waals surface area contributed by atoms with Crippen molar-refractivity contribution in [3.63, 3.8) is 0 Å². The Hall–Kier alpha value is -0.660. The third-order valence-electron chi connectivity index (χ3n) is 3.92. The van der Waals surface area contributed by atoms with E-state index in [0.29, 0.717) is 19.0 Å². The molecule has 1 atom stereocenters. The molecule has 0 saturated carbocycles. The highest BCUT2D eigenvalue weighted by molar-refractivity contribution is 7.89. The Kier molecular flexibility index (Phi) is 5.27.